The van der Waals surface area contributed by atoms with Gasteiger partial charge in [0.25, 0.3) is 0 Å². The minimum absolute atomic E-state index is 0.841. The van der Waals surface area contributed by atoms with E-state index in [1.807, 2.05) is 0 Å². The summed E-state index contributed by atoms with van der Waals surface area (Å²) >= 11 is 0. The third-order valence-corrected chi connectivity index (χ3v) is 4.34. The summed E-state index contributed by atoms with van der Waals surface area (Å²) in [5.41, 5.74) is 3.86. The van der Waals surface area contributed by atoms with Crippen molar-refractivity contribution < 1.29 is 0 Å². The molecule has 3 rings (SSSR count). The number of aryl methyl sites for hydroxylation is 2. The Morgan fingerprint density at radius 3 is 2.84 bits per heavy atom. The number of piperidine rings is 1. The standard InChI is InChI=1S/C16H23N3/c1-3-16-18-14-11-13(4-5-15(14)19(16)2)10-12-6-8-17-9-7-12/h4-5,11-12,17H,3,6-10H2,1-2H3. The number of hydrogen-bond donors (Lipinski definition) is 1. The maximum Gasteiger partial charge on any atom is 0.109 e. The van der Waals surface area contributed by atoms with Crippen molar-refractivity contribution in [3.63, 3.8) is 0 Å². The summed E-state index contributed by atoms with van der Waals surface area (Å²) in [4.78, 5) is 4.74. The second-order valence-corrected chi connectivity index (χ2v) is 5.66. The van der Waals surface area contributed by atoms with Crippen LogP contribution in [0.4, 0.5) is 0 Å². The smallest absolute Gasteiger partial charge is 0.109 e. The van der Waals surface area contributed by atoms with Crippen molar-refractivity contribution in [3.8, 4) is 0 Å². The van der Waals surface area contributed by atoms with Gasteiger partial charge in [-0.3, -0.25) is 0 Å². The van der Waals surface area contributed by atoms with Crippen LogP contribution in [0, 0.1) is 5.92 Å². The van der Waals surface area contributed by atoms with Crippen LogP contribution in [-0.4, -0.2) is 22.6 Å². The zero-order valence-electron chi connectivity index (χ0n) is 11.9. The van der Waals surface area contributed by atoms with Gasteiger partial charge in [0, 0.05) is 13.5 Å². The number of hydrogen-bond acceptors (Lipinski definition) is 2. The van der Waals surface area contributed by atoms with E-state index >= 15 is 0 Å². The van der Waals surface area contributed by atoms with E-state index in [1.165, 1.54) is 49.3 Å². The van der Waals surface area contributed by atoms with Crippen LogP contribution in [0.25, 0.3) is 11.0 Å². The minimum atomic E-state index is 0.841. The van der Waals surface area contributed by atoms with Crippen LogP contribution in [0.5, 0.6) is 0 Å². The molecule has 1 aromatic carbocycles. The van der Waals surface area contributed by atoms with E-state index in [4.69, 9.17) is 4.98 Å². The molecule has 1 fully saturated rings. The molecule has 1 aromatic heterocycles. The molecular formula is C16H23N3. The maximum absolute atomic E-state index is 4.74. The first kappa shape index (κ1) is 12.7. The Morgan fingerprint density at radius 2 is 2.11 bits per heavy atom. The fourth-order valence-corrected chi connectivity index (χ4v) is 3.16. The number of aromatic nitrogens is 2. The molecule has 0 amide bonds. The predicted octanol–water partition coefficient (Wildman–Crippen LogP) is 2.68. The highest BCUT2D eigenvalue weighted by Crippen LogP contribution is 2.22. The molecule has 0 bridgehead atoms. The molecule has 0 radical (unpaired) electrons. The highest BCUT2D eigenvalue weighted by molar-refractivity contribution is 5.76. The normalized spacial score (nSPS) is 17.2. The number of imidazole rings is 1. The molecule has 102 valence electrons. The van der Waals surface area contributed by atoms with Crippen molar-refractivity contribution >= 4 is 11.0 Å². The van der Waals surface area contributed by atoms with Gasteiger partial charge in [-0.2, -0.15) is 0 Å². The SMILES string of the molecule is CCc1nc2cc(CC3CCNCC3)ccc2n1C. The van der Waals surface area contributed by atoms with Crippen LogP contribution in [-0.2, 0) is 19.9 Å². The van der Waals surface area contributed by atoms with Crippen LogP contribution < -0.4 is 5.32 Å². The van der Waals surface area contributed by atoms with Crippen molar-refractivity contribution in [3.05, 3.63) is 29.6 Å². The summed E-state index contributed by atoms with van der Waals surface area (Å²) in [6, 6.07) is 6.81. The Morgan fingerprint density at radius 1 is 1.32 bits per heavy atom. The van der Waals surface area contributed by atoms with Crippen LogP contribution >= 0.6 is 0 Å². The van der Waals surface area contributed by atoms with E-state index in [9.17, 15) is 0 Å². The molecule has 3 nitrogen and oxygen atoms in total. The van der Waals surface area contributed by atoms with Gasteiger partial charge in [0.1, 0.15) is 5.82 Å². The summed E-state index contributed by atoms with van der Waals surface area (Å²) in [6.45, 7) is 4.52. The number of nitrogens with zero attached hydrogens (tertiary/aromatic N) is 2. The molecule has 0 spiro atoms. The maximum atomic E-state index is 4.74. The Bertz CT molecular complexity index is 565. The van der Waals surface area contributed by atoms with Gasteiger partial charge in [-0.15, -0.1) is 0 Å². The summed E-state index contributed by atoms with van der Waals surface area (Å²) in [7, 11) is 2.11. The van der Waals surface area contributed by atoms with Gasteiger partial charge in [-0.1, -0.05) is 13.0 Å². The molecular weight excluding hydrogens is 234 g/mol. The lowest BCUT2D eigenvalue weighted by Gasteiger charge is -2.22. The first-order valence-electron chi connectivity index (χ1n) is 7.43. The average molecular weight is 257 g/mol. The predicted molar refractivity (Wildman–Crippen MR) is 79.4 cm³/mol. The molecule has 19 heavy (non-hydrogen) atoms. The van der Waals surface area contributed by atoms with E-state index < -0.39 is 0 Å². The monoisotopic (exact) mass is 257 g/mol. The number of rotatable bonds is 3. The molecule has 1 N–H and O–H groups in total. The van der Waals surface area contributed by atoms with E-state index in [0.717, 1.165) is 17.9 Å². The largest absolute Gasteiger partial charge is 0.331 e. The van der Waals surface area contributed by atoms with E-state index in [2.05, 4.69) is 42.1 Å². The zero-order valence-corrected chi connectivity index (χ0v) is 11.9. The third kappa shape index (κ3) is 2.52. The molecule has 0 aliphatic carbocycles. The Hall–Kier alpha value is -1.35. The molecule has 1 aliphatic rings. The third-order valence-electron chi connectivity index (χ3n) is 4.34. The molecule has 3 heteroatoms. The topological polar surface area (TPSA) is 29.9 Å². The summed E-state index contributed by atoms with van der Waals surface area (Å²) in [5, 5.41) is 3.43. The number of fused-ring (bicyclic) bond motifs is 1. The van der Waals surface area contributed by atoms with Gasteiger partial charge in [0.05, 0.1) is 11.0 Å². The first-order valence-corrected chi connectivity index (χ1v) is 7.43. The van der Waals surface area contributed by atoms with E-state index in [1.54, 1.807) is 0 Å². The first-order chi connectivity index (χ1) is 9.28. The summed E-state index contributed by atoms with van der Waals surface area (Å²) in [6.07, 6.45) is 4.81. The lowest BCUT2D eigenvalue weighted by atomic mass is 9.91. The average Bonchev–Trinajstić information content (AvgIpc) is 2.76. The Labute approximate surface area is 115 Å². The van der Waals surface area contributed by atoms with Crippen molar-refractivity contribution in [2.45, 2.75) is 32.6 Å². The van der Waals surface area contributed by atoms with Crippen molar-refractivity contribution in [1.82, 2.24) is 14.9 Å². The Balaban J connectivity index is 1.84. The molecule has 1 aliphatic heterocycles. The molecule has 2 aromatic rings. The molecule has 0 atom stereocenters. The summed E-state index contributed by atoms with van der Waals surface area (Å²) in [5.74, 6) is 2.02. The van der Waals surface area contributed by atoms with Crippen LogP contribution in [0.3, 0.4) is 0 Å². The number of benzene rings is 1. The number of nitrogens with one attached hydrogen (secondary N) is 1. The molecule has 1 saturated heterocycles. The van der Waals surface area contributed by atoms with Gasteiger partial charge in [-0.25, -0.2) is 4.98 Å². The van der Waals surface area contributed by atoms with Gasteiger partial charge in [0.2, 0.25) is 0 Å². The second kappa shape index (κ2) is 5.33. The fraction of sp³-hybridized carbons (Fsp3) is 0.562. The molecule has 2 heterocycles. The van der Waals surface area contributed by atoms with E-state index in [-0.39, 0.29) is 0 Å². The minimum Gasteiger partial charge on any atom is -0.331 e. The van der Waals surface area contributed by atoms with Crippen LogP contribution in [0.1, 0.15) is 31.2 Å². The highest BCUT2D eigenvalue weighted by Gasteiger charge is 2.14. The van der Waals surface area contributed by atoms with Crippen molar-refractivity contribution in [1.29, 1.82) is 0 Å². The van der Waals surface area contributed by atoms with Crippen molar-refractivity contribution in [2.24, 2.45) is 13.0 Å². The van der Waals surface area contributed by atoms with Gasteiger partial charge >= 0.3 is 0 Å². The van der Waals surface area contributed by atoms with Gasteiger partial charge in [-0.05, 0) is 56.0 Å². The van der Waals surface area contributed by atoms with Gasteiger partial charge < -0.3 is 9.88 Å². The lowest BCUT2D eigenvalue weighted by Crippen LogP contribution is -2.28. The van der Waals surface area contributed by atoms with Gasteiger partial charge in [0.15, 0.2) is 0 Å². The van der Waals surface area contributed by atoms with Crippen LogP contribution in [0.15, 0.2) is 18.2 Å². The van der Waals surface area contributed by atoms with E-state index in [0.29, 0.717) is 0 Å². The van der Waals surface area contributed by atoms with Crippen molar-refractivity contribution in [2.75, 3.05) is 13.1 Å². The van der Waals surface area contributed by atoms with Crippen LogP contribution in [0.2, 0.25) is 0 Å². The summed E-state index contributed by atoms with van der Waals surface area (Å²) < 4.78 is 2.21. The lowest BCUT2D eigenvalue weighted by molar-refractivity contribution is 0.373. The molecule has 0 saturated carbocycles. The quantitative estimate of drug-likeness (QED) is 0.916. The zero-order chi connectivity index (χ0) is 13.2. The fourth-order valence-electron chi connectivity index (χ4n) is 3.16. The highest BCUT2D eigenvalue weighted by atomic mass is 15.1. The Kier molecular flexibility index (Phi) is 3.56. The second-order valence-electron chi connectivity index (χ2n) is 5.66. The molecule has 0 unspecified atom stereocenters.